The molecule has 0 fully saturated rings. The Balaban J connectivity index is 0.00000642. The molecule has 25 heteroatoms. The Labute approximate surface area is 378 Å². The van der Waals surface area contributed by atoms with Gasteiger partial charge in [-0.25, -0.2) is 97.8 Å². The van der Waals surface area contributed by atoms with Crippen molar-refractivity contribution in [3.63, 3.8) is 0 Å². The largest absolute Gasteiger partial charge is 2.00 e. The quantitative estimate of drug-likeness (QED) is 0.0799. The third kappa shape index (κ3) is 6.99. The summed E-state index contributed by atoms with van der Waals surface area (Å²) in [6, 6.07) is 2.51. The second kappa shape index (κ2) is 17.0. The Hall–Kier alpha value is -7.40. The maximum atomic E-state index is 15.8. The molecule has 2 aliphatic rings. The summed E-state index contributed by atoms with van der Waals surface area (Å²) in [5, 5.41) is 0. The molecule has 4 aromatic carbocycles. The molecule has 69 heavy (non-hydrogen) atoms. The van der Waals surface area contributed by atoms with Gasteiger partial charge in [0.1, 0.15) is 0 Å². The fraction of sp³-hybridized carbons (Fsp3) is 0. The molecule has 2 N–H and O–H groups in total. The number of H-pyrrole nitrogens is 2. The molecule has 0 saturated heterocycles. The van der Waals surface area contributed by atoms with Gasteiger partial charge in [-0.1, -0.05) is 0 Å². The van der Waals surface area contributed by atoms with Crippen molar-refractivity contribution in [3.05, 3.63) is 163 Å². The molecule has 0 aliphatic carbocycles. The van der Waals surface area contributed by atoms with Gasteiger partial charge in [0.15, 0.2) is 93.1 Å². The van der Waals surface area contributed by atoms with Crippen LogP contribution in [0.25, 0.3) is 90.9 Å². The summed E-state index contributed by atoms with van der Waals surface area (Å²) in [5.41, 5.74) is -20.5. The first-order chi connectivity index (χ1) is 32.1. The fourth-order valence-electron chi connectivity index (χ4n) is 7.56. The molecule has 0 unspecified atom stereocenters. The van der Waals surface area contributed by atoms with Crippen LogP contribution in [0.5, 0.6) is 0 Å². The SMILES string of the molecule is Fc1c(F)c(F)c(-c2c3nc(c(-c4c(F)c(F)c(F)c(F)c4F)c4ccc([nH]4)c(-c4c(F)c(F)c(F)c(F)c4F)c4nc(c(-c5c(F)c(F)c(F)c(F)c5F)c5ccc2[nH]5)C=C4)C=C3)c(F)c1F.[Cu+2]. The van der Waals surface area contributed by atoms with Crippen LogP contribution in [0.15, 0.2) is 24.3 Å². The molecular weight excluding hydrogens is 1030 g/mol. The molecule has 0 saturated carbocycles. The molecule has 7 aromatic rings. The van der Waals surface area contributed by atoms with Crippen molar-refractivity contribution in [2.45, 2.75) is 0 Å². The molecule has 0 amide bonds. The van der Waals surface area contributed by atoms with Gasteiger partial charge in [0.05, 0.1) is 45.0 Å². The van der Waals surface area contributed by atoms with E-state index in [1.807, 2.05) is 0 Å². The summed E-state index contributed by atoms with van der Waals surface area (Å²) >= 11 is 0. The zero-order valence-electron chi connectivity index (χ0n) is 32.4. The van der Waals surface area contributed by atoms with Crippen LogP contribution in [0.2, 0.25) is 0 Å². The Morgan fingerprint density at radius 2 is 0.362 bits per heavy atom. The Bertz CT molecular complexity index is 3120. The number of benzene rings is 4. The first-order valence-electron chi connectivity index (χ1n) is 18.3. The molecule has 2 aliphatic heterocycles. The van der Waals surface area contributed by atoms with Crippen molar-refractivity contribution < 1.29 is 105 Å². The monoisotopic (exact) mass is 1040 g/mol. The van der Waals surface area contributed by atoms with Crippen molar-refractivity contribution in [2.75, 3.05) is 0 Å². The minimum Gasteiger partial charge on any atom is -0.354 e. The number of fused-ring (bicyclic) bond motifs is 8. The van der Waals surface area contributed by atoms with E-state index in [0.29, 0.717) is 48.6 Å². The van der Waals surface area contributed by atoms with Gasteiger partial charge < -0.3 is 9.97 Å². The van der Waals surface area contributed by atoms with E-state index in [4.69, 9.17) is 0 Å². The second-order valence-electron chi connectivity index (χ2n) is 14.3. The van der Waals surface area contributed by atoms with Crippen LogP contribution in [0.3, 0.4) is 0 Å². The summed E-state index contributed by atoms with van der Waals surface area (Å²) < 4.78 is 303. The van der Waals surface area contributed by atoms with Crippen LogP contribution in [-0.4, -0.2) is 19.9 Å². The summed E-state index contributed by atoms with van der Waals surface area (Å²) in [5.74, 6) is -52.6. The van der Waals surface area contributed by atoms with Crippen molar-refractivity contribution >= 4 is 46.4 Å². The number of aromatic amines is 2. The van der Waals surface area contributed by atoms with Gasteiger partial charge in [-0.05, 0) is 48.6 Å². The van der Waals surface area contributed by atoms with Crippen LogP contribution in [-0.2, 0) is 17.1 Å². The molecule has 355 valence electrons. The van der Waals surface area contributed by atoms with Gasteiger partial charge in [0.2, 0.25) is 23.3 Å². The number of rotatable bonds is 4. The predicted molar refractivity (Wildman–Crippen MR) is 200 cm³/mol. The van der Waals surface area contributed by atoms with Crippen molar-refractivity contribution in [1.29, 1.82) is 0 Å². The number of hydrogen-bond acceptors (Lipinski definition) is 2. The molecule has 3 aromatic heterocycles. The average molecular weight is 1040 g/mol. The number of halogens is 20. The summed E-state index contributed by atoms with van der Waals surface area (Å²) in [4.78, 5) is 12.3. The number of aromatic nitrogens is 4. The fourth-order valence-corrected chi connectivity index (χ4v) is 7.56. The number of hydrogen-bond donors (Lipinski definition) is 2. The van der Waals surface area contributed by atoms with Gasteiger partial charge in [-0.15, -0.1) is 0 Å². The van der Waals surface area contributed by atoms with E-state index in [2.05, 4.69) is 19.9 Å². The molecule has 5 heterocycles. The van der Waals surface area contributed by atoms with E-state index in [1.54, 1.807) is 0 Å². The van der Waals surface area contributed by atoms with Gasteiger partial charge in [0, 0.05) is 44.3 Å². The smallest absolute Gasteiger partial charge is 0.354 e. The summed E-state index contributed by atoms with van der Waals surface area (Å²) in [6.07, 6.45) is 2.40. The van der Waals surface area contributed by atoms with Gasteiger partial charge in [0.25, 0.3) is 0 Å². The normalized spacial score (nSPS) is 12.1. The van der Waals surface area contributed by atoms with Gasteiger partial charge in [-0.2, -0.15) is 0 Å². The average Bonchev–Trinajstić information content (AvgIpc) is 4.18. The van der Waals surface area contributed by atoms with Crippen LogP contribution >= 0.6 is 0 Å². The Morgan fingerprint density at radius 3 is 0.522 bits per heavy atom. The molecule has 4 nitrogen and oxygen atoms in total. The summed E-state index contributed by atoms with van der Waals surface area (Å²) in [7, 11) is 0. The molecule has 1 radical (unpaired) electrons. The van der Waals surface area contributed by atoms with E-state index in [1.165, 1.54) is 0 Å². The predicted octanol–water partition coefficient (Wildman–Crippen LogP) is 14.1. The first-order valence-corrected chi connectivity index (χ1v) is 18.3. The van der Waals surface area contributed by atoms with Crippen molar-refractivity contribution in [3.8, 4) is 44.5 Å². The van der Waals surface area contributed by atoms with Crippen molar-refractivity contribution in [2.24, 2.45) is 0 Å². The molecule has 0 atom stereocenters. The Morgan fingerprint density at radius 1 is 0.217 bits per heavy atom. The molecule has 0 spiro atoms. The standard InChI is InChI=1S/C44H10F20N4.Cu/c45-25-21(26(46)34(54)41(61)33(25)53)17-9-1-2-10(65-9)18(22-27(47)35(55)42(62)36(56)28(22)48)12-5-6-14(67-12)20(24-31(51)39(59)44(64)40(60)32(24)52)16-8-7-15(68-16)19(13-4-3-11(17)66-13)23-29(49)37(57)43(63)38(58)30(23)50;/h1-8,65,68H;/q;+2. The zero-order chi connectivity index (χ0) is 49.3. The number of nitrogens with one attached hydrogen (secondary N) is 2. The molecule has 9 rings (SSSR count). The van der Waals surface area contributed by atoms with Crippen molar-refractivity contribution in [1.82, 2.24) is 19.9 Å². The van der Waals surface area contributed by atoms with Gasteiger partial charge >= 0.3 is 17.1 Å². The maximum absolute atomic E-state index is 15.8. The van der Waals surface area contributed by atoms with Gasteiger partial charge in [-0.3, -0.25) is 0 Å². The van der Waals surface area contributed by atoms with Crippen LogP contribution in [0, 0.1) is 116 Å². The second-order valence-corrected chi connectivity index (χ2v) is 14.3. The summed E-state index contributed by atoms with van der Waals surface area (Å²) in [6.45, 7) is 0. The first kappa shape index (κ1) is 48.1. The molecular formula is C44H10CuF20N4+2. The van der Waals surface area contributed by atoms with E-state index < -0.39 is 206 Å². The van der Waals surface area contributed by atoms with Crippen LogP contribution in [0.4, 0.5) is 87.8 Å². The minimum atomic E-state index is -2.72. The van der Waals surface area contributed by atoms with E-state index in [-0.39, 0.29) is 17.1 Å². The maximum Gasteiger partial charge on any atom is 2.00 e. The van der Waals surface area contributed by atoms with Crippen LogP contribution < -0.4 is 0 Å². The molecule has 8 bridgehead atoms. The number of nitrogens with zero attached hydrogens (tertiary/aromatic N) is 2. The van der Waals surface area contributed by atoms with E-state index in [9.17, 15) is 52.7 Å². The topological polar surface area (TPSA) is 57.4 Å². The van der Waals surface area contributed by atoms with E-state index >= 15 is 35.1 Å². The van der Waals surface area contributed by atoms with E-state index in [0.717, 1.165) is 0 Å². The Kier molecular flexibility index (Phi) is 11.8. The van der Waals surface area contributed by atoms with Crippen LogP contribution in [0.1, 0.15) is 22.8 Å². The minimum absolute atomic E-state index is 0. The zero-order valence-corrected chi connectivity index (χ0v) is 33.3. The third-order valence-corrected chi connectivity index (χ3v) is 10.6. The third-order valence-electron chi connectivity index (χ3n) is 10.6.